The monoisotopic (exact) mass is 330 g/mol. The Bertz CT molecular complexity index is 1160. The highest BCUT2D eigenvalue weighted by molar-refractivity contribution is 5.73. The molecule has 0 saturated heterocycles. The van der Waals surface area contributed by atoms with Gasteiger partial charge in [0.25, 0.3) is 5.89 Å². The molecule has 0 aliphatic heterocycles. The Kier molecular flexibility index (Phi) is 2.89. The predicted molar refractivity (Wildman–Crippen MR) is 86.6 cm³/mol. The average Bonchev–Trinajstić information content (AvgIpc) is 3.42. The summed E-state index contributed by atoms with van der Waals surface area (Å²) in [6.07, 6.45) is 8.52. The molecule has 5 rings (SSSR count). The van der Waals surface area contributed by atoms with Gasteiger partial charge in [-0.1, -0.05) is 11.2 Å². The molecule has 0 bridgehead atoms. The fraction of sp³-hybridized carbons (Fsp3) is 0. The van der Waals surface area contributed by atoms with Gasteiger partial charge in [0.1, 0.15) is 24.0 Å². The largest absolute Gasteiger partial charge is 0.332 e. The van der Waals surface area contributed by atoms with Crippen LogP contribution in [0.25, 0.3) is 34.4 Å². The summed E-state index contributed by atoms with van der Waals surface area (Å²) < 4.78 is 8.86. The minimum Gasteiger partial charge on any atom is -0.332 e. The van der Waals surface area contributed by atoms with Crippen LogP contribution in [0, 0.1) is 0 Å². The van der Waals surface area contributed by atoms with E-state index in [0.29, 0.717) is 23.2 Å². The summed E-state index contributed by atoms with van der Waals surface area (Å²) in [5.41, 5.74) is 2.11. The topological polar surface area (TPSA) is 99.8 Å². The Hall–Kier alpha value is -3.88. The minimum absolute atomic E-state index is 0.325. The smallest absolute Gasteiger partial charge is 0.276 e. The third kappa shape index (κ3) is 2.26. The standard InChI is InChI=1S/C16H10N8O/c1-4-12(20-13(5-1)24-10-17-9-19-24)16-21-14(22-25-16)11-3-2-7-23-8-6-18-15(11)23/h1-10H. The molecule has 0 atom stereocenters. The second-order valence-electron chi connectivity index (χ2n) is 5.22. The zero-order valence-corrected chi connectivity index (χ0v) is 12.8. The maximum absolute atomic E-state index is 5.40. The van der Waals surface area contributed by atoms with E-state index in [-0.39, 0.29) is 0 Å². The summed E-state index contributed by atoms with van der Waals surface area (Å²) in [6.45, 7) is 0. The van der Waals surface area contributed by atoms with Gasteiger partial charge in [-0.05, 0) is 24.3 Å². The molecule has 0 spiro atoms. The van der Waals surface area contributed by atoms with Crippen LogP contribution in [-0.4, -0.2) is 39.3 Å². The number of aromatic nitrogens is 8. The zero-order chi connectivity index (χ0) is 16.6. The molecule has 120 valence electrons. The summed E-state index contributed by atoms with van der Waals surface area (Å²) in [4.78, 5) is 17.2. The van der Waals surface area contributed by atoms with Crippen LogP contribution in [0.2, 0.25) is 0 Å². The molecule has 5 heterocycles. The molecular formula is C16H10N8O. The van der Waals surface area contributed by atoms with Crippen LogP contribution in [0.5, 0.6) is 0 Å². The van der Waals surface area contributed by atoms with Crippen molar-refractivity contribution >= 4 is 5.65 Å². The van der Waals surface area contributed by atoms with Crippen molar-refractivity contribution in [3.8, 4) is 28.8 Å². The van der Waals surface area contributed by atoms with Crippen molar-refractivity contribution in [3.63, 3.8) is 0 Å². The van der Waals surface area contributed by atoms with E-state index < -0.39 is 0 Å². The van der Waals surface area contributed by atoms with Crippen molar-refractivity contribution in [2.24, 2.45) is 0 Å². The van der Waals surface area contributed by atoms with Gasteiger partial charge < -0.3 is 8.92 Å². The molecule has 0 aliphatic rings. The van der Waals surface area contributed by atoms with Gasteiger partial charge in [0.2, 0.25) is 5.82 Å². The molecule has 9 nitrogen and oxygen atoms in total. The molecule has 25 heavy (non-hydrogen) atoms. The first-order chi connectivity index (χ1) is 12.4. The SMILES string of the molecule is c1cc(-c2nc(-c3cccn4ccnc34)no2)nc(-n2cncn2)c1. The normalized spacial score (nSPS) is 11.2. The van der Waals surface area contributed by atoms with Crippen molar-refractivity contribution in [2.45, 2.75) is 0 Å². The van der Waals surface area contributed by atoms with Gasteiger partial charge >= 0.3 is 0 Å². The van der Waals surface area contributed by atoms with Crippen LogP contribution in [0.15, 0.2) is 66.1 Å². The Morgan fingerprint density at radius 3 is 2.92 bits per heavy atom. The lowest BCUT2D eigenvalue weighted by Gasteiger charge is -2.00. The average molecular weight is 330 g/mol. The lowest BCUT2D eigenvalue weighted by molar-refractivity contribution is 0.431. The van der Waals surface area contributed by atoms with E-state index in [1.54, 1.807) is 23.3 Å². The maximum Gasteiger partial charge on any atom is 0.276 e. The van der Waals surface area contributed by atoms with E-state index in [0.717, 1.165) is 11.2 Å². The van der Waals surface area contributed by atoms with Crippen LogP contribution >= 0.6 is 0 Å². The second kappa shape index (κ2) is 5.34. The van der Waals surface area contributed by atoms with Crippen molar-refractivity contribution in [1.29, 1.82) is 0 Å². The Morgan fingerprint density at radius 1 is 1.00 bits per heavy atom. The molecule has 5 aromatic rings. The van der Waals surface area contributed by atoms with Crippen LogP contribution < -0.4 is 0 Å². The van der Waals surface area contributed by atoms with Crippen LogP contribution in [-0.2, 0) is 0 Å². The number of hydrogen-bond donors (Lipinski definition) is 0. The Labute approximate surface area is 140 Å². The highest BCUT2D eigenvalue weighted by Gasteiger charge is 2.15. The third-order valence-corrected chi connectivity index (χ3v) is 3.69. The third-order valence-electron chi connectivity index (χ3n) is 3.69. The molecule has 0 aromatic carbocycles. The lowest BCUT2D eigenvalue weighted by Crippen LogP contribution is -1.98. The minimum atomic E-state index is 0.325. The molecule has 0 saturated carbocycles. The first-order valence-electron chi connectivity index (χ1n) is 7.47. The number of fused-ring (bicyclic) bond motifs is 1. The number of imidazole rings is 1. The highest BCUT2D eigenvalue weighted by atomic mass is 16.5. The summed E-state index contributed by atoms with van der Waals surface area (Å²) in [5, 5.41) is 8.14. The van der Waals surface area contributed by atoms with Gasteiger partial charge in [-0.3, -0.25) is 0 Å². The molecule has 0 amide bonds. The van der Waals surface area contributed by atoms with Gasteiger partial charge in [0, 0.05) is 18.6 Å². The number of rotatable bonds is 3. The second-order valence-corrected chi connectivity index (χ2v) is 5.22. The van der Waals surface area contributed by atoms with E-state index in [1.165, 1.54) is 6.33 Å². The van der Waals surface area contributed by atoms with E-state index in [1.807, 2.05) is 41.1 Å². The highest BCUT2D eigenvalue weighted by Crippen LogP contribution is 2.24. The van der Waals surface area contributed by atoms with Crippen molar-refractivity contribution < 1.29 is 4.52 Å². The van der Waals surface area contributed by atoms with Crippen LogP contribution in [0.3, 0.4) is 0 Å². The first kappa shape index (κ1) is 13.5. The van der Waals surface area contributed by atoms with Gasteiger partial charge in [0.15, 0.2) is 5.82 Å². The van der Waals surface area contributed by atoms with E-state index >= 15 is 0 Å². The van der Waals surface area contributed by atoms with Crippen molar-refractivity contribution in [2.75, 3.05) is 0 Å². The maximum atomic E-state index is 5.40. The van der Waals surface area contributed by atoms with Crippen LogP contribution in [0.1, 0.15) is 0 Å². The van der Waals surface area contributed by atoms with E-state index in [9.17, 15) is 0 Å². The van der Waals surface area contributed by atoms with Crippen molar-refractivity contribution in [3.05, 3.63) is 61.6 Å². The van der Waals surface area contributed by atoms with Gasteiger partial charge in [-0.15, -0.1) is 0 Å². The summed E-state index contributed by atoms with van der Waals surface area (Å²) in [5.74, 6) is 1.40. The lowest BCUT2D eigenvalue weighted by atomic mass is 10.2. The predicted octanol–water partition coefficient (Wildman–Crippen LogP) is 2.03. The Morgan fingerprint density at radius 2 is 2.00 bits per heavy atom. The molecule has 0 N–H and O–H groups in total. The summed E-state index contributed by atoms with van der Waals surface area (Å²) in [7, 11) is 0. The van der Waals surface area contributed by atoms with E-state index in [4.69, 9.17) is 4.52 Å². The Balaban J connectivity index is 1.57. The molecule has 0 aliphatic carbocycles. The van der Waals surface area contributed by atoms with Gasteiger partial charge in [-0.2, -0.15) is 10.1 Å². The molecule has 0 fully saturated rings. The number of pyridine rings is 2. The van der Waals surface area contributed by atoms with Gasteiger partial charge in [0.05, 0.1) is 5.56 Å². The quantitative estimate of drug-likeness (QED) is 0.499. The molecular weight excluding hydrogens is 320 g/mol. The van der Waals surface area contributed by atoms with Crippen LogP contribution in [0.4, 0.5) is 0 Å². The van der Waals surface area contributed by atoms with Gasteiger partial charge in [-0.25, -0.2) is 19.6 Å². The molecule has 0 radical (unpaired) electrons. The number of hydrogen-bond acceptors (Lipinski definition) is 7. The summed E-state index contributed by atoms with van der Waals surface area (Å²) in [6, 6.07) is 9.27. The summed E-state index contributed by atoms with van der Waals surface area (Å²) >= 11 is 0. The fourth-order valence-corrected chi connectivity index (χ4v) is 2.56. The molecule has 9 heteroatoms. The number of nitrogens with zero attached hydrogens (tertiary/aromatic N) is 8. The zero-order valence-electron chi connectivity index (χ0n) is 12.8. The molecule has 0 unspecified atom stereocenters. The fourth-order valence-electron chi connectivity index (χ4n) is 2.56. The van der Waals surface area contributed by atoms with Crippen molar-refractivity contribution in [1.82, 2.24) is 39.3 Å². The first-order valence-corrected chi connectivity index (χ1v) is 7.47. The molecule has 5 aromatic heterocycles. The van der Waals surface area contributed by atoms with E-state index in [2.05, 4.69) is 30.2 Å².